The van der Waals surface area contributed by atoms with Crippen LogP contribution in [0.4, 0.5) is 4.39 Å². The van der Waals surface area contributed by atoms with Gasteiger partial charge in [0.15, 0.2) is 0 Å². The number of hydrogen-bond donors (Lipinski definition) is 1. The van der Waals surface area contributed by atoms with Crippen LogP contribution in [0.15, 0.2) is 42.0 Å². The lowest BCUT2D eigenvalue weighted by Crippen LogP contribution is -2.23. The van der Waals surface area contributed by atoms with E-state index in [4.69, 9.17) is 0 Å². The van der Waals surface area contributed by atoms with Gasteiger partial charge in [-0.3, -0.25) is 4.79 Å². The zero-order valence-corrected chi connectivity index (χ0v) is 9.32. The third kappa shape index (κ3) is 3.21. The van der Waals surface area contributed by atoms with Crippen LogP contribution in [0.3, 0.4) is 0 Å². The predicted molar refractivity (Wildman–Crippen MR) is 62.2 cm³/mol. The Balaban J connectivity index is 1.88. The molecule has 92 valence electrons. The lowest BCUT2D eigenvalue weighted by atomic mass is 10.2. The van der Waals surface area contributed by atoms with Gasteiger partial charge in [0.1, 0.15) is 25.0 Å². The summed E-state index contributed by atoms with van der Waals surface area (Å²) >= 11 is 0. The van der Waals surface area contributed by atoms with Crippen molar-refractivity contribution in [2.24, 2.45) is 5.10 Å². The molecule has 0 unspecified atom stereocenters. The van der Waals surface area contributed by atoms with Crippen LogP contribution in [0.2, 0.25) is 0 Å². The molecule has 0 bridgehead atoms. The van der Waals surface area contributed by atoms with Gasteiger partial charge in [0.25, 0.3) is 5.91 Å². The van der Waals surface area contributed by atoms with Crippen LogP contribution >= 0.6 is 0 Å². The summed E-state index contributed by atoms with van der Waals surface area (Å²) in [6.07, 6.45) is 3.99. The largest absolute Gasteiger partial charge is 0.271 e. The van der Waals surface area contributed by atoms with Gasteiger partial charge in [-0.05, 0) is 6.07 Å². The van der Waals surface area contributed by atoms with Crippen LogP contribution < -0.4 is 5.43 Å². The predicted octanol–water partition coefficient (Wildman–Crippen LogP) is 0.567. The molecule has 7 heteroatoms. The van der Waals surface area contributed by atoms with E-state index >= 15 is 0 Å². The summed E-state index contributed by atoms with van der Waals surface area (Å²) in [6.45, 7) is 0.00854. The molecule has 0 saturated carbocycles. The van der Waals surface area contributed by atoms with Gasteiger partial charge in [0.2, 0.25) is 0 Å². The van der Waals surface area contributed by atoms with Gasteiger partial charge in [-0.1, -0.05) is 18.2 Å². The number of hydrazone groups is 1. The first kappa shape index (κ1) is 11.9. The van der Waals surface area contributed by atoms with Gasteiger partial charge in [0.05, 0.1) is 6.21 Å². The van der Waals surface area contributed by atoms with Crippen LogP contribution in [-0.4, -0.2) is 26.9 Å². The highest BCUT2D eigenvalue weighted by molar-refractivity contribution is 5.82. The summed E-state index contributed by atoms with van der Waals surface area (Å²) in [5.41, 5.74) is 2.58. The number of halogens is 1. The van der Waals surface area contributed by atoms with E-state index in [0.717, 1.165) is 0 Å². The van der Waals surface area contributed by atoms with Crippen molar-refractivity contribution in [1.82, 2.24) is 20.2 Å². The Morgan fingerprint density at radius 1 is 1.50 bits per heavy atom. The Kier molecular flexibility index (Phi) is 3.75. The third-order valence-electron chi connectivity index (χ3n) is 2.07. The maximum atomic E-state index is 13.2. The normalized spacial score (nSPS) is 10.7. The molecule has 0 aliphatic carbocycles. The van der Waals surface area contributed by atoms with E-state index < -0.39 is 5.82 Å². The number of aromatic nitrogens is 3. The fourth-order valence-electron chi connectivity index (χ4n) is 1.25. The molecular weight excluding hydrogens is 237 g/mol. The van der Waals surface area contributed by atoms with E-state index in [2.05, 4.69) is 20.6 Å². The Bertz CT molecular complexity index is 552. The fourth-order valence-corrected chi connectivity index (χ4v) is 1.25. The quantitative estimate of drug-likeness (QED) is 0.634. The van der Waals surface area contributed by atoms with Crippen LogP contribution in [0, 0.1) is 5.82 Å². The van der Waals surface area contributed by atoms with Crippen LogP contribution in [-0.2, 0) is 11.3 Å². The van der Waals surface area contributed by atoms with Crippen molar-refractivity contribution in [1.29, 1.82) is 0 Å². The summed E-state index contributed by atoms with van der Waals surface area (Å²) in [7, 11) is 0. The number of carbonyl (C=O) groups excluding carboxylic acids is 1. The maximum Gasteiger partial charge on any atom is 0.261 e. The van der Waals surface area contributed by atoms with Crippen molar-refractivity contribution in [2.45, 2.75) is 6.54 Å². The second-order valence-electron chi connectivity index (χ2n) is 3.41. The third-order valence-corrected chi connectivity index (χ3v) is 2.07. The summed E-state index contributed by atoms with van der Waals surface area (Å²) in [6, 6.07) is 6.14. The molecule has 1 aromatic heterocycles. The van der Waals surface area contributed by atoms with Crippen LogP contribution in [0.5, 0.6) is 0 Å². The molecule has 2 aromatic rings. The molecule has 6 nitrogen and oxygen atoms in total. The van der Waals surface area contributed by atoms with Gasteiger partial charge in [-0.2, -0.15) is 10.2 Å². The van der Waals surface area contributed by atoms with Crippen molar-refractivity contribution in [3.63, 3.8) is 0 Å². The van der Waals surface area contributed by atoms with E-state index in [1.807, 2.05) is 0 Å². The number of hydrogen-bond acceptors (Lipinski definition) is 4. The topological polar surface area (TPSA) is 72.2 Å². The summed E-state index contributed by atoms with van der Waals surface area (Å²) in [5, 5.41) is 7.43. The maximum absolute atomic E-state index is 13.2. The standard InChI is InChI=1S/C11H10FN5O/c12-10-4-2-1-3-9(10)5-14-16-11(18)6-17-8-13-7-15-17/h1-5,7-8H,6H2,(H,16,18)/b14-5-. The smallest absolute Gasteiger partial charge is 0.261 e. The number of nitrogens with one attached hydrogen (secondary N) is 1. The molecule has 2 rings (SSSR count). The average Bonchev–Trinajstić information content (AvgIpc) is 2.84. The number of carbonyl (C=O) groups is 1. The van der Waals surface area contributed by atoms with Crippen LogP contribution in [0.1, 0.15) is 5.56 Å². The molecule has 0 spiro atoms. The first-order chi connectivity index (χ1) is 8.75. The number of rotatable bonds is 4. The van der Waals surface area contributed by atoms with Crippen molar-refractivity contribution >= 4 is 12.1 Å². The second kappa shape index (κ2) is 5.67. The molecule has 0 aliphatic rings. The summed E-state index contributed by atoms with van der Waals surface area (Å²) in [4.78, 5) is 15.1. The fraction of sp³-hybridized carbons (Fsp3) is 0.0909. The molecular formula is C11H10FN5O. The van der Waals surface area contributed by atoms with E-state index in [1.54, 1.807) is 18.2 Å². The van der Waals surface area contributed by atoms with Crippen molar-refractivity contribution in [3.8, 4) is 0 Å². The zero-order chi connectivity index (χ0) is 12.8. The SMILES string of the molecule is O=C(Cn1cncn1)N/N=C\c1ccccc1F. The van der Waals surface area contributed by atoms with Crippen LogP contribution in [0.25, 0.3) is 0 Å². The Hall–Kier alpha value is -2.57. The molecule has 18 heavy (non-hydrogen) atoms. The molecule has 0 saturated heterocycles. The van der Waals surface area contributed by atoms with E-state index in [-0.39, 0.29) is 12.5 Å². The molecule has 1 aromatic carbocycles. The monoisotopic (exact) mass is 247 g/mol. The number of benzene rings is 1. The molecule has 1 N–H and O–H groups in total. The first-order valence-corrected chi connectivity index (χ1v) is 5.14. The Morgan fingerprint density at radius 2 is 2.33 bits per heavy atom. The average molecular weight is 247 g/mol. The molecule has 1 heterocycles. The number of amides is 1. The van der Waals surface area contributed by atoms with Gasteiger partial charge in [-0.15, -0.1) is 0 Å². The minimum Gasteiger partial charge on any atom is -0.271 e. The highest BCUT2D eigenvalue weighted by atomic mass is 19.1. The van der Waals surface area contributed by atoms with Crippen molar-refractivity contribution in [2.75, 3.05) is 0 Å². The molecule has 0 aliphatic heterocycles. The summed E-state index contributed by atoms with van der Waals surface area (Å²) < 4.78 is 14.5. The molecule has 0 fully saturated rings. The highest BCUT2D eigenvalue weighted by Crippen LogP contribution is 2.02. The highest BCUT2D eigenvalue weighted by Gasteiger charge is 2.01. The molecule has 0 radical (unpaired) electrons. The lowest BCUT2D eigenvalue weighted by Gasteiger charge is -1.99. The van der Waals surface area contributed by atoms with Gasteiger partial charge in [0, 0.05) is 5.56 Å². The van der Waals surface area contributed by atoms with Gasteiger partial charge < -0.3 is 0 Å². The Morgan fingerprint density at radius 3 is 3.06 bits per heavy atom. The minimum absolute atomic E-state index is 0.00854. The lowest BCUT2D eigenvalue weighted by molar-refractivity contribution is -0.121. The van der Waals surface area contributed by atoms with Gasteiger partial charge >= 0.3 is 0 Å². The van der Waals surface area contributed by atoms with E-state index in [0.29, 0.717) is 5.56 Å². The van der Waals surface area contributed by atoms with E-state index in [9.17, 15) is 9.18 Å². The first-order valence-electron chi connectivity index (χ1n) is 5.14. The van der Waals surface area contributed by atoms with Crippen molar-refractivity contribution in [3.05, 3.63) is 48.3 Å². The van der Waals surface area contributed by atoms with Gasteiger partial charge in [-0.25, -0.2) is 19.5 Å². The second-order valence-corrected chi connectivity index (χ2v) is 3.41. The van der Waals surface area contributed by atoms with E-state index in [1.165, 1.54) is 29.6 Å². The number of nitrogens with zero attached hydrogens (tertiary/aromatic N) is 4. The molecule has 1 amide bonds. The summed E-state index contributed by atoms with van der Waals surface area (Å²) in [5.74, 6) is -0.764. The minimum atomic E-state index is -0.397. The Labute approximate surface area is 102 Å². The molecule has 0 atom stereocenters. The van der Waals surface area contributed by atoms with Crippen molar-refractivity contribution < 1.29 is 9.18 Å². The zero-order valence-electron chi connectivity index (χ0n) is 9.32.